The van der Waals surface area contributed by atoms with Gasteiger partial charge in [-0.2, -0.15) is 5.26 Å². The van der Waals surface area contributed by atoms with Crippen LogP contribution in [0.15, 0.2) is 48.5 Å². The van der Waals surface area contributed by atoms with Crippen LogP contribution in [0.1, 0.15) is 49.8 Å². The first kappa shape index (κ1) is 29.1. The molecule has 3 amide bonds. The third-order valence-corrected chi connectivity index (χ3v) is 7.67. The van der Waals surface area contributed by atoms with Crippen molar-refractivity contribution in [3.8, 4) is 11.8 Å². The van der Waals surface area contributed by atoms with Gasteiger partial charge < -0.3 is 25.6 Å². The number of hydrogen-bond acceptors (Lipinski definition) is 6. The molecule has 9 heteroatoms. The van der Waals surface area contributed by atoms with E-state index < -0.39 is 24.0 Å². The highest BCUT2D eigenvalue weighted by atomic mass is 16.5. The monoisotopic (exact) mass is 545 g/mol. The van der Waals surface area contributed by atoms with Crippen molar-refractivity contribution in [1.29, 1.82) is 5.26 Å². The minimum Gasteiger partial charge on any atom is -0.489 e. The van der Waals surface area contributed by atoms with Crippen molar-refractivity contribution in [2.75, 3.05) is 20.1 Å². The quantitative estimate of drug-likeness (QED) is 0.544. The number of para-hydroxylation sites is 1. The molecule has 3 N–H and O–H groups in total. The van der Waals surface area contributed by atoms with E-state index in [-0.39, 0.29) is 30.3 Å². The Kier molecular flexibility index (Phi) is 9.78. The number of ether oxygens (including phenoxy) is 1. The molecule has 0 radical (unpaired) electrons. The number of nitriles is 1. The first-order valence-corrected chi connectivity index (χ1v) is 14.1. The minimum atomic E-state index is -0.834. The van der Waals surface area contributed by atoms with Crippen molar-refractivity contribution < 1.29 is 19.1 Å². The smallest absolute Gasteiger partial charge is 0.243 e. The highest BCUT2D eigenvalue weighted by Gasteiger charge is 2.39. The second-order valence-corrected chi connectivity index (χ2v) is 10.9. The minimum absolute atomic E-state index is 0.146. The highest BCUT2D eigenvalue weighted by Crippen LogP contribution is 2.33. The molecule has 0 bridgehead atoms. The molecule has 4 unspecified atom stereocenters. The third kappa shape index (κ3) is 7.60. The molecule has 4 atom stereocenters. The Labute approximate surface area is 236 Å². The summed E-state index contributed by atoms with van der Waals surface area (Å²) in [5.41, 5.74) is 2.39. The van der Waals surface area contributed by atoms with E-state index in [1.807, 2.05) is 31.2 Å². The average Bonchev–Trinajstić information content (AvgIpc) is 3.80. The topological polar surface area (TPSA) is 124 Å². The summed E-state index contributed by atoms with van der Waals surface area (Å²) >= 11 is 0. The van der Waals surface area contributed by atoms with E-state index in [4.69, 9.17) is 10.00 Å². The number of carbonyl (C=O) groups is 3. The van der Waals surface area contributed by atoms with Gasteiger partial charge in [0.15, 0.2) is 0 Å². The van der Waals surface area contributed by atoms with Crippen LogP contribution in [0.4, 0.5) is 0 Å². The van der Waals surface area contributed by atoms with Crippen LogP contribution in [0.2, 0.25) is 0 Å². The molecular formula is C31H39N5O4. The zero-order valence-electron chi connectivity index (χ0n) is 23.5. The lowest BCUT2D eigenvalue weighted by Gasteiger charge is -2.31. The number of nitrogens with one attached hydrogen (secondary N) is 3. The maximum atomic E-state index is 13.5. The summed E-state index contributed by atoms with van der Waals surface area (Å²) in [6.45, 7) is 4.58. The Morgan fingerprint density at radius 2 is 1.75 bits per heavy atom. The molecule has 40 heavy (non-hydrogen) atoms. The van der Waals surface area contributed by atoms with Crippen LogP contribution in [0.25, 0.3) is 0 Å². The number of nitrogens with zero attached hydrogens (tertiary/aromatic N) is 2. The molecule has 1 fully saturated rings. The normalized spacial score (nSPS) is 25.4. The summed E-state index contributed by atoms with van der Waals surface area (Å²) in [6.07, 6.45) is 3.44. The number of amides is 3. The lowest BCUT2D eigenvalue weighted by Crippen LogP contribution is -2.57. The van der Waals surface area contributed by atoms with Gasteiger partial charge in [-0.1, -0.05) is 30.3 Å². The SMILES string of the molecule is CC1CNC(C2CC2)C(=O)N(C)C(C)C(=O)NC(Cc2ccc(C#N)cc2)C(=O)NCCCc2ccccc2O1. The van der Waals surface area contributed by atoms with Crippen molar-refractivity contribution >= 4 is 17.7 Å². The molecule has 1 aliphatic carbocycles. The second kappa shape index (κ2) is 13.4. The second-order valence-electron chi connectivity index (χ2n) is 10.9. The van der Waals surface area contributed by atoms with Gasteiger partial charge in [0.2, 0.25) is 17.7 Å². The van der Waals surface area contributed by atoms with E-state index >= 15 is 0 Å². The standard InChI is InChI=1S/C31H39N5O4/c1-20-19-34-28(25-14-15-25)31(39)36(3)21(2)29(37)35-26(17-22-10-12-23(18-32)13-11-22)30(38)33-16-6-8-24-7-4-5-9-27(24)40-20/h4-5,7,9-13,20-21,25-26,28,34H,6,8,14-17,19H2,1-3H3,(H,33,38)(H,35,37). The van der Waals surface area contributed by atoms with Gasteiger partial charge in [0.25, 0.3) is 0 Å². The maximum absolute atomic E-state index is 13.5. The van der Waals surface area contributed by atoms with E-state index in [1.54, 1.807) is 38.2 Å². The van der Waals surface area contributed by atoms with E-state index in [2.05, 4.69) is 22.0 Å². The lowest BCUT2D eigenvalue weighted by molar-refractivity contribution is -0.141. The Hall–Kier alpha value is -3.90. The van der Waals surface area contributed by atoms with Gasteiger partial charge in [0.1, 0.15) is 23.9 Å². The Morgan fingerprint density at radius 3 is 2.45 bits per heavy atom. The van der Waals surface area contributed by atoms with Gasteiger partial charge in [0.05, 0.1) is 17.7 Å². The molecular weight excluding hydrogens is 506 g/mol. The zero-order chi connectivity index (χ0) is 28.6. The maximum Gasteiger partial charge on any atom is 0.243 e. The molecule has 2 aliphatic rings. The van der Waals surface area contributed by atoms with Gasteiger partial charge in [-0.15, -0.1) is 0 Å². The third-order valence-electron chi connectivity index (χ3n) is 7.67. The molecule has 0 saturated heterocycles. The van der Waals surface area contributed by atoms with Crippen molar-refractivity contribution in [2.24, 2.45) is 5.92 Å². The fraction of sp³-hybridized carbons (Fsp3) is 0.484. The number of benzene rings is 2. The van der Waals surface area contributed by atoms with E-state index in [0.29, 0.717) is 31.5 Å². The molecule has 0 spiro atoms. The van der Waals surface area contributed by atoms with Gasteiger partial charge in [-0.3, -0.25) is 14.4 Å². The van der Waals surface area contributed by atoms with Crippen molar-refractivity contribution in [3.05, 3.63) is 65.2 Å². The first-order valence-electron chi connectivity index (χ1n) is 14.1. The number of fused-ring (bicyclic) bond motifs is 1. The van der Waals surface area contributed by atoms with Crippen LogP contribution in [-0.4, -0.2) is 67.0 Å². The number of aryl methyl sites for hydroxylation is 1. The summed E-state index contributed by atoms with van der Waals surface area (Å²) in [5.74, 6) is 0.189. The molecule has 212 valence electrons. The number of likely N-dealkylation sites (N-methyl/N-ethyl adjacent to an activating group) is 1. The van der Waals surface area contributed by atoms with Crippen molar-refractivity contribution in [1.82, 2.24) is 20.9 Å². The summed E-state index contributed by atoms with van der Waals surface area (Å²) in [6, 6.07) is 14.9. The fourth-order valence-electron chi connectivity index (χ4n) is 4.91. The summed E-state index contributed by atoms with van der Waals surface area (Å²) in [4.78, 5) is 41.6. The summed E-state index contributed by atoms with van der Waals surface area (Å²) in [7, 11) is 1.63. The van der Waals surface area contributed by atoms with E-state index in [9.17, 15) is 14.4 Å². The van der Waals surface area contributed by atoms with E-state index in [1.165, 1.54) is 4.90 Å². The Balaban J connectivity index is 1.56. The molecule has 2 aromatic carbocycles. The fourth-order valence-corrected chi connectivity index (χ4v) is 4.91. The zero-order valence-corrected chi connectivity index (χ0v) is 23.5. The Bertz CT molecular complexity index is 1240. The molecule has 4 rings (SSSR count). The van der Waals surface area contributed by atoms with Crippen molar-refractivity contribution in [3.63, 3.8) is 0 Å². The van der Waals surface area contributed by atoms with Crippen LogP contribution in [0.3, 0.4) is 0 Å². The van der Waals surface area contributed by atoms with Gasteiger partial charge in [-0.25, -0.2) is 0 Å². The average molecular weight is 546 g/mol. The Morgan fingerprint density at radius 1 is 1.02 bits per heavy atom. The van der Waals surface area contributed by atoms with Gasteiger partial charge in [-0.05, 0) is 74.8 Å². The summed E-state index contributed by atoms with van der Waals surface area (Å²) < 4.78 is 6.25. The highest BCUT2D eigenvalue weighted by molar-refractivity contribution is 5.93. The van der Waals surface area contributed by atoms with Gasteiger partial charge >= 0.3 is 0 Å². The predicted molar refractivity (Wildman–Crippen MR) is 151 cm³/mol. The van der Waals surface area contributed by atoms with Crippen molar-refractivity contribution in [2.45, 2.75) is 70.2 Å². The number of carbonyl (C=O) groups excluding carboxylic acids is 3. The predicted octanol–water partition coefficient (Wildman–Crippen LogP) is 2.33. The van der Waals surface area contributed by atoms with Crippen LogP contribution in [0, 0.1) is 17.2 Å². The van der Waals surface area contributed by atoms with Crippen LogP contribution < -0.4 is 20.7 Å². The molecule has 1 heterocycles. The summed E-state index contributed by atoms with van der Waals surface area (Å²) in [5, 5.41) is 18.4. The van der Waals surface area contributed by atoms with E-state index in [0.717, 1.165) is 29.7 Å². The lowest BCUT2D eigenvalue weighted by atomic mass is 10.0. The van der Waals surface area contributed by atoms with Gasteiger partial charge in [0, 0.05) is 26.6 Å². The first-order chi connectivity index (χ1) is 19.3. The molecule has 2 aromatic rings. The number of hydrogen-bond donors (Lipinski definition) is 3. The largest absolute Gasteiger partial charge is 0.489 e. The van der Waals surface area contributed by atoms with Crippen LogP contribution in [0.5, 0.6) is 5.75 Å². The van der Waals surface area contributed by atoms with Crippen LogP contribution >= 0.6 is 0 Å². The molecule has 1 saturated carbocycles. The molecule has 9 nitrogen and oxygen atoms in total. The van der Waals surface area contributed by atoms with Crippen LogP contribution in [-0.2, 0) is 27.2 Å². The number of rotatable bonds is 3. The molecule has 1 aliphatic heterocycles. The molecule has 0 aromatic heterocycles.